The highest BCUT2D eigenvalue weighted by Gasteiger charge is 2.24. The van der Waals surface area contributed by atoms with Crippen LogP contribution in [0.4, 0.5) is 0 Å². The number of ketones is 2. The largest absolute Gasteiger partial charge is 0.390 e. The van der Waals surface area contributed by atoms with Crippen molar-refractivity contribution < 1.29 is 14.7 Å². The van der Waals surface area contributed by atoms with Gasteiger partial charge in [-0.3, -0.25) is 9.59 Å². The molecule has 166 valence electrons. The molecule has 0 aromatic heterocycles. The van der Waals surface area contributed by atoms with Crippen molar-refractivity contribution in [2.24, 2.45) is 0 Å². The van der Waals surface area contributed by atoms with E-state index in [1.807, 2.05) is 0 Å². The van der Waals surface area contributed by atoms with Gasteiger partial charge in [0.25, 0.3) is 0 Å². The summed E-state index contributed by atoms with van der Waals surface area (Å²) in [5.41, 5.74) is 4.24. The summed E-state index contributed by atoms with van der Waals surface area (Å²) in [7, 11) is 0. The Bertz CT molecular complexity index is 770. The van der Waals surface area contributed by atoms with Gasteiger partial charge in [-0.05, 0) is 98.1 Å². The van der Waals surface area contributed by atoms with Crippen molar-refractivity contribution in [3.05, 3.63) is 58.2 Å². The number of hydrogen-bond donors (Lipinski definition) is 1. The van der Waals surface area contributed by atoms with Gasteiger partial charge in [0, 0.05) is 11.1 Å². The van der Waals surface area contributed by atoms with Gasteiger partial charge in [-0.15, -0.1) is 0 Å². The van der Waals surface area contributed by atoms with E-state index in [4.69, 9.17) is 0 Å². The summed E-state index contributed by atoms with van der Waals surface area (Å²) < 4.78 is 0. The van der Waals surface area contributed by atoms with Gasteiger partial charge in [0.2, 0.25) is 0 Å². The van der Waals surface area contributed by atoms with E-state index in [-0.39, 0.29) is 11.6 Å². The van der Waals surface area contributed by atoms with Crippen molar-refractivity contribution in [1.29, 1.82) is 0 Å². The third-order valence-electron chi connectivity index (χ3n) is 5.77. The molecule has 1 aliphatic rings. The maximum Gasteiger partial charge on any atom is 0.184 e. The number of hydrogen-bond acceptors (Lipinski definition) is 3. The zero-order chi connectivity index (χ0) is 22.7. The first-order valence-electron chi connectivity index (χ1n) is 11.2. The fourth-order valence-electron chi connectivity index (χ4n) is 3.34. The Hall–Kier alpha value is -2.00. The Morgan fingerprint density at radius 2 is 1.53 bits per heavy atom. The summed E-state index contributed by atoms with van der Waals surface area (Å²) in [4.78, 5) is 23.8. The molecule has 3 heteroatoms. The molecule has 1 unspecified atom stereocenters. The molecule has 0 amide bonds. The molecular weight excluding hydrogens is 372 g/mol. The Labute approximate surface area is 183 Å². The van der Waals surface area contributed by atoms with Crippen LogP contribution in [0.5, 0.6) is 0 Å². The molecule has 3 nitrogen and oxygen atoms in total. The van der Waals surface area contributed by atoms with E-state index in [1.165, 1.54) is 28.9 Å². The molecule has 0 spiro atoms. The molecule has 0 fully saturated rings. The van der Waals surface area contributed by atoms with Crippen LogP contribution in [0.3, 0.4) is 0 Å². The lowest BCUT2D eigenvalue weighted by molar-refractivity contribution is -0.115. The van der Waals surface area contributed by atoms with Gasteiger partial charge in [0.15, 0.2) is 11.6 Å². The third-order valence-corrected chi connectivity index (χ3v) is 5.77. The van der Waals surface area contributed by atoms with E-state index in [0.29, 0.717) is 30.4 Å². The first-order valence-corrected chi connectivity index (χ1v) is 11.2. The second kappa shape index (κ2) is 12.6. The normalized spacial score (nSPS) is 18.3. The molecule has 1 aliphatic carbocycles. The maximum absolute atomic E-state index is 12.2. The van der Waals surface area contributed by atoms with Crippen LogP contribution >= 0.6 is 0 Å². The lowest BCUT2D eigenvalue weighted by atomic mass is 9.88. The van der Waals surface area contributed by atoms with Gasteiger partial charge in [0.05, 0.1) is 5.60 Å². The topological polar surface area (TPSA) is 54.4 Å². The highest BCUT2D eigenvalue weighted by molar-refractivity contribution is 6.19. The fourth-order valence-corrected chi connectivity index (χ4v) is 3.34. The van der Waals surface area contributed by atoms with Gasteiger partial charge >= 0.3 is 0 Å². The summed E-state index contributed by atoms with van der Waals surface area (Å²) in [6.45, 7) is 12.1. The minimum atomic E-state index is -0.893. The minimum absolute atomic E-state index is 0.0837. The molecule has 0 aliphatic heterocycles. The van der Waals surface area contributed by atoms with E-state index in [2.05, 4.69) is 45.9 Å². The summed E-state index contributed by atoms with van der Waals surface area (Å²) in [5.74, 6) is -0.225. The van der Waals surface area contributed by atoms with Crippen LogP contribution in [-0.4, -0.2) is 22.3 Å². The molecule has 0 saturated heterocycles. The Morgan fingerprint density at radius 3 is 2.13 bits per heavy atom. The SMILES string of the molecule is CC/C(C)=C/CC/C(C)=C/CC/C(C)=C/CC(C)(O)CCC1=CC(=O)C=C(C)C1=O. The molecular formula is C27H40O3. The molecule has 0 aromatic carbocycles. The van der Waals surface area contributed by atoms with Gasteiger partial charge in [-0.2, -0.15) is 0 Å². The first-order chi connectivity index (χ1) is 14.0. The van der Waals surface area contributed by atoms with E-state index in [0.717, 1.165) is 32.1 Å². The lowest BCUT2D eigenvalue weighted by Crippen LogP contribution is -2.24. The van der Waals surface area contributed by atoms with Crippen molar-refractivity contribution in [3.63, 3.8) is 0 Å². The van der Waals surface area contributed by atoms with Crippen LogP contribution in [0.1, 0.15) is 92.9 Å². The number of rotatable bonds is 12. The summed E-state index contributed by atoms with van der Waals surface area (Å²) in [6, 6.07) is 0. The monoisotopic (exact) mass is 412 g/mol. The standard InChI is InChI=1S/C27H40O3/c1-7-20(2)10-8-11-21(3)12-9-13-22(4)14-16-27(6,30)17-15-24-19-25(28)18-23(5)26(24)29/h10,12,14,18-19,30H,7-9,11,13,15-17H2,1-6H3/b20-10+,21-12+,22-14+. The van der Waals surface area contributed by atoms with E-state index in [9.17, 15) is 14.7 Å². The van der Waals surface area contributed by atoms with Crippen molar-refractivity contribution in [2.75, 3.05) is 0 Å². The number of allylic oxidation sites excluding steroid dienone is 9. The van der Waals surface area contributed by atoms with E-state index in [1.54, 1.807) is 13.8 Å². The van der Waals surface area contributed by atoms with Crippen LogP contribution in [0.15, 0.2) is 58.2 Å². The number of carbonyl (C=O) groups excluding carboxylic acids is 2. The summed E-state index contributed by atoms with van der Waals surface area (Å²) >= 11 is 0. The molecule has 1 rings (SSSR count). The second-order valence-corrected chi connectivity index (χ2v) is 9.01. The fraction of sp³-hybridized carbons (Fsp3) is 0.556. The number of Topliss-reactive ketones (excluding diaryl/α,β-unsaturated/α-hetero) is 1. The quantitative estimate of drug-likeness (QED) is 0.285. The predicted octanol–water partition coefficient (Wildman–Crippen LogP) is 6.74. The van der Waals surface area contributed by atoms with E-state index < -0.39 is 5.60 Å². The average molecular weight is 413 g/mol. The molecule has 0 radical (unpaired) electrons. The van der Waals surface area contributed by atoms with Crippen molar-refractivity contribution in [2.45, 2.75) is 98.5 Å². The van der Waals surface area contributed by atoms with E-state index >= 15 is 0 Å². The Balaban J connectivity index is 2.43. The van der Waals surface area contributed by atoms with Gasteiger partial charge in [-0.1, -0.05) is 41.9 Å². The van der Waals surface area contributed by atoms with Crippen LogP contribution in [-0.2, 0) is 9.59 Å². The lowest BCUT2D eigenvalue weighted by Gasteiger charge is -2.23. The number of carbonyl (C=O) groups is 2. The zero-order valence-electron chi connectivity index (χ0n) is 19.8. The van der Waals surface area contributed by atoms with Crippen molar-refractivity contribution in [3.8, 4) is 0 Å². The van der Waals surface area contributed by atoms with Crippen molar-refractivity contribution in [1.82, 2.24) is 0 Å². The van der Waals surface area contributed by atoms with Crippen LogP contribution in [0, 0.1) is 0 Å². The Morgan fingerprint density at radius 1 is 0.967 bits per heavy atom. The van der Waals surface area contributed by atoms with Gasteiger partial charge < -0.3 is 5.11 Å². The van der Waals surface area contributed by atoms with Crippen molar-refractivity contribution >= 4 is 11.6 Å². The molecule has 0 aromatic rings. The molecule has 0 saturated carbocycles. The van der Waals surface area contributed by atoms with Crippen LogP contribution in [0.2, 0.25) is 0 Å². The second-order valence-electron chi connectivity index (χ2n) is 9.01. The predicted molar refractivity (Wildman–Crippen MR) is 126 cm³/mol. The molecule has 30 heavy (non-hydrogen) atoms. The third kappa shape index (κ3) is 10.2. The molecule has 0 bridgehead atoms. The average Bonchev–Trinajstić information content (AvgIpc) is 2.68. The minimum Gasteiger partial charge on any atom is -0.390 e. The van der Waals surface area contributed by atoms with Gasteiger partial charge in [0.1, 0.15) is 0 Å². The van der Waals surface area contributed by atoms with Crippen LogP contribution < -0.4 is 0 Å². The highest BCUT2D eigenvalue weighted by Crippen LogP contribution is 2.25. The number of aliphatic hydroxyl groups is 1. The maximum atomic E-state index is 12.2. The first kappa shape index (κ1) is 26.0. The summed E-state index contributed by atoms with van der Waals surface area (Å²) in [6.07, 6.45) is 16.3. The molecule has 0 heterocycles. The molecule has 1 N–H and O–H groups in total. The zero-order valence-corrected chi connectivity index (χ0v) is 19.8. The Kier molecular flexibility index (Phi) is 11.0. The summed E-state index contributed by atoms with van der Waals surface area (Å²) in [5, 5.41) is 10.7. The smallest absolute Gasteiger partial charge is 0.184 e. The van der Waals surface area contributed by atoms with Crippen LogP contribution in [0.25, 0.3) is 0 Å². The van der Waals surface area contributed by atoms with Gasteiger partial charge in [-0.25, -0.2) is 0 Å². The molecule has 1 atom stereocenters. The highest BCUT2D eigenvalue weighted by atomic mass is 16.3.